The first-order valence-electron chi connectivity index (χ1n) is 11.6. The molecule has 0 bridgehead atoms. The fourth-order valence-electron chi connectivity index (χ4n) is 4.44. The Morgan fingerprint density at radius 1 is 1.20 bits per heavy atom. The van der Waals surface area contributed by atoms with Crippen molar-refractivity contribution in [3.8, 4) is 22.4 Å². The minimum Gasteiger partial charge on any atom is -0.453 e. The highest BCUT2D eigenvalue weighted by atomic mass is 35.5. The second kappa shape index (κ2) is 10.4. The van der Waals surface area contributed by atoms with E-state index in [2.05, 4.69) is 15.3 Å². The van der Waals surface area contributed by atoms with Crippen LogP contribution in [0.2, 0.25) is 5.02 Å². The van der Waals surface area contributed by atoms with E-state index in [1.807, 2.05) is 50.2 Å². The van der Waals surface area contributed by atoms with Gasteiger partial charge in [-0.25, -0.2) is 9.78 Å². The maximum absolute atomic E-state index is 13.3. The average Bonchev–Trinajstić information content (AvgIpc) is 3.52. The van der Waals surface area contributed by atoms with E-state index >= 15 is 0 Å². The number of carbonyl (C=O) groups excluding carboxylic acids is 2. The first-order valence-corrected chi connectivity index (χ1v) is 12.0. The van der Waals surface area contributed by atoms with Gasteiger partial charge in [-0.2, -0.15) is 0 Å². The van der Waals surface area contributed by atoms with Crippen molar-refractivity contribution in [2.45, 2.75) is 38.8 Å². The molecule has 4 rings (SSSR count). The summed E-state index contributed by atoms with van der Waals surface area (Å²) in [7, 11) is 1.29. The third-order valence-corrected chi connectivity index (χ3v) is 6.65. The number of hydrogen-bond donors (Lipinski definition) is 3. The van der Waals surface area contributed by atoms with Crippen LogP contribution in [0.4, 0.5) is 10.5 Å². The van der Waals surface area contributed by atoms with E-state index in [0.29, 0.717) is 17.3 Å². The van der Waals surface area contributed by atoms with Gasteiger partial charge in [-0.15, -0.1) is 0 Å². The number of nitrogens with two attached hydrogens (primary N) is 1. The molecule has 2 amide bonds. The molecule has 1 saturated heterocycles. The van der Waals surface area contributed by atoms with Crippen LogP contribution >= 0.6 is 11.6 Å². The number of ether oxygens (including phenoxy) is 1. The number of nitrogens with zero attached hydrogens (tertiary/aromatic N) is 2. The van der Waals surface area contributed by atoms with Gasteiger partial charge < -0.3 is 25.7 Å². The molecule has 1 fully saturated rings. The molecule has 0 spiro atoms. The predicted octanol–water partition coefficient (Wildman–Crippen LogP) is 5.02. The van der Waals surface area contributed by atoms with Gasteiger partial charge in [0.25, 0.3) is 0 Å². The van der Waals surface area contributed by atoms with E-state index in [-0.39, 0.29) is 17.9 Å². The molecule has 4 N–H and O–H groups in total. The Kier molecular flexibility index (Phi) is 7.31. The molecule has 9 heteroatoms. The molecule has 1 aliphatic rings. The largest absolute Gasteiger partial charge is 0.453 e. The van der Waals surface area contributed by atoms with Gasteiger partial charge >= 0.3 is 6.09 Å². The maximum Gasteiger partial charge on any atom is 0.407 e. The highest BCUT2D eigenvalue weighted by molar-refractivity contribution is 6.33. The summed E-state index contributed by atoms with van der Waals surface area (Å²) in [4.78, 5) is 34.9. The standard InChI is InChI=1S/C26H30ClN5O3/c1-15(2)23(31-26(34)35-3)25(33)32-12-4-5-22(32)24-29-14-21(30-24)17-8-6-16(7-9-17)19-11-10-18(28)13-20(19)27/h6-11,13-15,22-23H,4-5,12,28H2,1-3H3,(H,29,30)(H,31,34)/t22-,23-/m0/s1. The fourth-order valence-corrected chi connectivity index (χ4v) is 4.74. The summed E-state index contributed by atoms with van der Waals surface area (Å²) < 4.78 is 4.70. The second-order valence-electron chi connectivity index (χ2n) is 9.05. The van der Waals surface area contributed by atoms with Crippen LogP contribution in [-0.2, 0) is 9.53 Å². The lowest BCUT2D eigenvalue weighted by Gasteiger charge is -2.30. The number of rotatable bonds is 6. The Morgan fingerprint density at radius 2 is 1.91 bits per heavy atom. The Bertz CT molecular complexity index is 1210. The Balaban J connectivity index is 1.52. The zero-order valence-corrected chi connectivity index (χ0v) is 20.8. The smallest absolute Gasteiger partial charge is 0.407 e. The number of nitrogens with one attached hydrogen (secondary N) is 2. The molecule has 2 atom stereocenters. The first-order chi connectivity index (χ1) is 16.8. The molecule has 1 aliphatic heterocycles. The number of carbonyl (C=O) groups is 2. The van der Waals surface area contributed by atoms with Gasteiger partial charge in [-0.1, -0.05) is 55.8 Å². The summed E-state index contributed by atoms with van der Waals surface area (Å²) in [6, 6.07) is 12.7. The van der Waals surface area contributed by atoms with E-state index in [9.17, 15) is 9.59 Å². The van der Waals surface area contributed by atoms with Crippen LogP contribution < -0.4 is 11.1 Å². The van der Waals surface area contributed by atoms with Gasteiger partial charge in [0.2, 0.25) is 5.91 Å². The quantitative estimate of drug-likeness (QED) is 0.415. The number of H-pyrrole nitrogens is 1. The molecule has 8 nitrogen and oxygen atoms in total. The molecule has 184 valence electrons. The highest BCUT2D eigenvalue weighted by Gasteiger charge is 2.37. The van der Waals surface area contributed by atoms with Crippen molar-refractivity contribution in [3.63, 3.8) is 0 Å². The zero-order valence-electron chi connectivity index (χ0n) is 20.0. The van der Waals surface area contributed by atoms with Crippen LogP contribution in [0.15, 0.2) is 48.7 Å². The van der Waals surface area contributed by atoms with Gasteiger partial charge in [0.05, 0.1) is 30.1 Å². The Hall–Kier alpha value is -3.52. The summed E-state index contributed by atoms with van der Waals surface area (Å²) in [5, 5.41) is 3.28. The van der Waals surface area contributed by atoms with Crippen molar-refractivity contribution in [1.29, 1.82) is 0 Å². The molecule has 35 heavy (non-hydrogen) atoms. The molecule has 1 aromatic heterocycles. The van der Waals surface area contributed by atoms with E-state index in [1.165, 1.54) is 7.11 Å². The number of hydrogen-bond acceptors (Lipinski definition) is 5. The first kappa shape index (κ1) is 24.6. The van der Waals surface area contributed by atoms with Crippen molar-refractivity contribution in [1.82, 2.24) is 20.2 Å². The van der Waals surface area contributed by atoms with Crippen LogP contribution in [0.1, 0.15) is 38.6 Å². The normalized spacial score (nSPS) is 16.4. The summed E-state index contributed by atoms with van der Waals surface area (Å²) in [5.41, 5.74) is 10.2. The van der Waals surface area contributed by atoms with Gasteiger partial charge in [-0.3, -0.25) is 4.79 Å². The van der Waals surface area contributed by atoms with Gasteiger partial charge in [0.1, 0.15) is 11.9 Å². The number of anilines is 1. The molecule has 0 saturated carbocycles. The van der Waals surface area contributed by atoms with Crippen LogP contribution in [0.5, 0.6) is 0 Å². The summed E-state index contributed by atoms with van der Waals surface area (Å²) in [5.74, 6) is 0.524. The number of likely N-dealkylation sites (tertiary alicyclic amines) is 1. The SMILES string of the molecule is COC(=O)N[C@H](C(=O)N1CCC[C@H]1c1ncc(-c2ccc(-c3ccc(N)cc3Cl)cc2)[nH]1)C(C)C. The van der Waals surface area contributed by atoms with Gasteiger partial charge in [0, 0.05) is 17.8 Å². The highest BCUT2D eigenvalue weighted by Crippen LogP contribution is 2.34. The summed E-state index contributed by atoms with van der Waals surface area (Å²) >= 11 is 6.36. The molecule has 3 aromatic rings. The molecule has 0 radical (unpaired) electrons. The molecule has 0 aliphatic carbocycles. The number of imidazole rings is 1. The molecular weight excluding hydrogens is 466 g/mol. The Morgan fingerprint density at radius 3 is 2.57 bits per heavy atom. The lowest BCUT2D eigenvalue weighted by Crippen LogP contribution is -2.51. The Labute approximate surface area is 209 Å². The van der Waals surface area contributed by atoms with Crippen molar-refractivity contribution in [2.75, 3.05) is 19.4 Å². The van der Waals surface area contributed by atoms with Crippen LogP contribution in [0, 0.1) is 5.92 Å². The number of aromatic nitrogens is 2. The lowest BCUT2D eigenvalue weighted by molar-refractivity contribution is -0.135. The molecule has 2 aromatic carbocycles. The summed E-state index contributed by atoms with van der Waals surface area (Å²) in [6.07, 6.45) is 2.84. The van der Waals surface area contributed by atoms with Crippen molar-refractivity contribution < 1.29 is 14.3 Å². The van der Waals surface area contributed by atoms with Crippen molar-refractivity contribution in [2.24, 2.45) is 5.92 Å². The third kappa shape index (κ3) is 5.27. The number of amides is 2. The third-order valence-electron chi connectivity index (χ3n) is 6.34. The summed E-state index contributed by atoms with van der Waals surface area (Å²) in [6.45, 7) is 4.41. The minimum absolute atomic E-state index is 0.0805. The van der Waals surface area contributed by atoms with E-state index < -0.39 is 12.1 Å². The fraction of sp³-hybridized carbons (Fsp3) is 0.346. The predicted molar refractivity (Wildman–Crippen MR) is 137 cm³/mol. The molecular formula is C26H30ClN5O3. The van der Waals surface area contributed by atoms with E-state index in [4.69, 9.17) is 22.1 Å². The topological polar surface area (TPSA) is 113 Å². The van der Waals surface area contributed by atoms with Crippen LogP contribution in [0.3, 0.4) is 0 Å². The number of alkyl carbamates (subject to hydrolysis) is 1. The number of methoxy groups -OCH3 is 1. The number of halogens is 1. The van der Waals surface area contributed by atoms with Crippen LogP contribution in [-0.4, -0.2) is 46.6 Å². The second-order valence-corrected chi connectivity index (χ2v) is 9.45. The van der Waals surface area contributed by atoms with E-state index in [0.717, 1.165) is 41.1 Å². The zero-order chi connectivity index (χ0) is 25.1. The van der Waals surface area contributed by atoms with Crippen molar-refractivity contribution in [3.05, 3.63) is 59.5 Å². The number of nitrogen functional groups attached to an aromatic ring is 1. The monoisotopic (exact) mass is 495 g/mol. The number of benzene rings is 2. The van der Waals surface area contributed by atoms with Gasteiger partial charge in [0.15, 0.2) is 0 Å². The number of aromatic amines is 1. The van der Waals surface area contributed by atoms with E-state index in [1.54, 1.807) is 17.2 Å². The molecule has 2 heterocycles. The average molecular weight is 496 g/mol. The molecule has 0 unspecified atom stereocenters. The maximum atomic E-state index is 13.3. The lowest BCUT2D eigenvalue weighted by atomic mass is 10.0. The van der Waals surface area contributed by atoms with Crippen molar-refractivity contribution >= 4 is 29.3 Å². The minimum atomic E-state index is -0.662. The van der Waals surface area contributed by atoms with Crippen LogP contribution in [0.25, 0.3) is 22.4 Å². The van der Waals surface area contributed by atoms with Gasteiger partial charge in [-0.05, 0) is 42.0 Å².